The van der Waals surface area contributed by atoms with Gasteiger partial charge in [-0.25, -0.2) is 9.55 Å². The van der Waals surface area contributed by atoms with Crippen LogP contribution in [-0.2, 0) is 4.57 Å². The van der Waals surface area contributed by atoms with Crippen molar-refractivity contribution in [1.29, 1.82) is 0 Å². The first kappa shape index (κ1) is 19.9. The zero-order valence-corrected chi connectivity index (χ0v) is 16.8. The summed E-state index contributed by atoms with van der Waals surface area (Å²) in [5.41, 5.74) is 3.31. The van der Waals surface area contributed by atoms with E-state index in [2.05, 4.69) is 9.51 Å². The lowest BCUT2D eigenvalue weighted by Gasteiger charge is -2.12. The summed E-state index contributed by atoms with van der Waals surface area (Å²) in [7, 11) is 0.635. The average molecular weight is 404 g/mol. The number of benzene rings is 2. The maximum Gasteiger partial charge on any atom is 0.524 e. The zero-order chi connectivity index (χ0) is 20.5. The highest BCUT2D eigenvalue weighted by molar-refractivity contribution is 7.46. The number of anilines is 1. The number of phosphoric ester groups is 1. The van der Waals surface area contributed by atoms with E-state index < -0.39 is 7.82 Å². The van der Waals surface area contributed by atoms with Crippen LogP contribution in [0.25, 0.3) is 22.7 Å². The second-order valence-corrected chi connectivity index (χ2v) is 7.48. The van der Waals surface area contributed by atoms with E-state index in [4.69, 9.17) is 18.9 Å². The van der Waals surface area contributed by atoms with E-state index in [-0.39, 0.29) is 11.5 Å². The zero-order valence-electron chi connectivity index (χ0n) is 15.9. The summed E-state index contributed by atoms with van der Waals surface area (Å²) < 4.78 is 26.7. The quantitative estimate of drug-likeness (QED) is 0.597. The fourth-order valence-electron chi connectivity index (χ4n) is 2.71. The Labute approximate surface area is 162 Å². The van der Waals surface area contributed by atoms with Crippen LogP contribution >= 0.6 is 7.82 Å². The summed E-state index contributed by atoms with van der Waals surface area (Å²) >= 11 is 0. The van der Waals surface area contributed by atoms with E-state index in [9.17, 15) is 4.57 Å². The molecule has 0 bridgehead atoms. The highest BCUT2D eigenvalue weighted by Gasteiger charge is 2.21. The molecule has 28 heavy (non-hydrogen) atoms. The minimum atomic E-state index is -4.69. The number of nitrogens with zero attached hydrogens (tertiary/aromatic N) is 2. The molecule has 0 amide bonds. The van der Waals surface area contributed by atoms with Gasteiger partial charge in [0.25, 0.3) is 0 Å². The fraction of sp³-hybridized carbons (Fsp3) is 0.211. The summed E-state index contributed by atoms with van der Waals surface area (Å²) in [6, 6.07) is 12.5. The van der Waals surface area contributed by atoms with Gasteiger partial charge in [-0.15, -0.1) is 0 Å². The van der Waals surface area contributed by atoms with Gasteiger partial charge in [0.05, 0.1) is 7.11 Å². The van der Waals surface area contributed by atoms with E-state index in [1.807, 2.05) is 50.2 Å². The van der Waals surface area contributed by atoms with Gasteiger partial charge < -0.3 is 18.6 Å². The van der Waals surface area contributed by atoms with Gasteiger partial charge in [0, 0.05) is 30.9 Å². The molecule has 0 saturated carbocycles. The molecule has 0 aliphatic rings. The molecule has 0 atom stereocenters. The molecule has 0 aliphatic heterocycles. The van der Waals surface area contributed by atoms with Crippen LogP contribution in [-0.4, -0.2) is 36.0 Å². The number of ether oxygens (including phenoxy) is 1. The number of hydrogen-bond acceptors (Lipinski definition) is 6. The van der Waals surface area contributed by atoms with Gasteiger partial charge in [0.2, 0.25) is 5.89 Å². The molecule has 2 aromatic carbocycles. The number of methoxy groups -OCH3 is 1. The monoisotopic (exact) mass is 404 g/mol. The topological polar surface area (TPSA) is 105 Å². The molecule has 8 nitrogen and oxygen atoms in total. The SMILES string of the molecule is COc1cc(-c2nc(-c3ccc(N(C)C)cc3)c(C)o2)ccc1OP(=O)(O)O. The van der Waals surface area contributed by atoms with Crippen molar-refractivity contribution in [3.8, 4) is 34.2 Å². The van der Waals surface area contributed by atoms with Crippen molar-refractivity contribution in [2.45, 2.75) is 6.92 Å². The molecule has 3 rings (SSSR count). The second-order valence-electron chi connectivity index (χ2n) is 6.31. The van der Waals surface area contributed by atoms with Gasteiger partial charge in [0.1, 0.15) is 11.5 Å². The lowest BCUT2D eigenvalue weighted by atomic mass is 10.1. The minimum Gasteiger partial charge on any atom is -0.493 e. The Morgan fingerprint density at radius 3 is 2.25 bits per heavy atom. The van der Waals surface area contributed by atoms with Crippen LogP contribution in [0.4, 0.5) is 5.69 Å². The van der Waals surface area contributed by atoms with Crippen LogP contribution in [0.3, 0.4) is 0 Å². The molecule has 148 valence electrons. The van der Waals surface area contributed by atoms with E-state index in [0.717, 1.165) is 16.9 Å². The summed E-state index contributed by atoms with van der Waals surface area (Å²) in [5.74, 6) is 1.11. The summed E-state index contributed by atoms with van der Waals surface area (Å²) in [6.45, 7) is 1.83. The minimum absolute atomic E-state index is 0.0673. The molecule has 1 aromatic heterocycles. The maximum absolute atomic E-state index is 11.1. The Kier molecular flexibility index (Phi) is 5.47. The molecule has 0 fully saturated rings. The van der Waals surface area contributed by atoms with Gasteiger partial charge in [-0.1, -0.05) is 12.1 Å². The van der Waals surface area contributed by atoms with Gasteiger partial charge in [-0.05, 0) is 37.3 Å². The first-order chi connectivity index (χ1) is 13.2. The predicted molar refractivity (Wildman–Crippen MR) is 106 cm³/mol. The van der Waals surface area contributed by atoms with E-state index in [1.165, 1.54) is 13.2 Å². The highest BCUT2D eigenvalue weighted by Crippen LogP contribution is 2.43. The Morgan fingerprint density at radius 2 is 1.68 bits per heavy atom. The third kappa shape index (κ3) is 4.36. The number of rotatable bonds is 6. The normalized spacial score (nSPS) is 11.4. The average Bonchev–Trinajstić information content (AvgIpc) is 3.02. The van der Waals surface area contributed by atoms with Crippen molar-refractivity contribution in [3.63, 3.8) is 0 Å². The third-order valence-electron chi connectivity index (χ3n) is 4.08. The lowest BCUT2D eigenvalue weighted by molar-refractivity contribution is 0.276. The number of phosphoric acid groups is 1. The smallest absolute Gasteiger partial charge is 0.493 e. The van der Waals surface area contributed by atoms with Crippen LogP contribution in [0.5, 0.6) is 11.5 Å². The molecule has 9 heteroatoms. The molecular formula is C19H21N2O6P. The number of aromatic nitrogens is 1. The molecule has 3 aromatic rings. The van der Waals surface area contributed by atoms with Gasteiger partial charge in [0.15, 0.2) is 11.5 Å². The lowest BCUT2D eigenvalue weighted by Crippen LogP contribution is -2.07. The first-order valence-electron chi connectivity index (χ1n) is 8.36. The summed E-state index contributed by atoms with van der Waals surface area (Å²) in [5, 5.41) is 0. The largest absolute Gasteiger partial charge is 0.524 e. The van der Waals surface area contributed by atoms with Gasteiger partial charge in [-0.2, -0.15) is 0 Å². The number of hydrogen-bond donors (Lipinski definition) is 2. The second kappa shape index (κ2) is 7.67. The first-order valence-corrected chi connectivity index (χ1v) is 9.89. The van der Waals surface area contributed by atoms with Crippen molar-refractivity contribution in [2.24, 2.45) is 0 Å². The predicted octanol–water partition coefficient (Wildman–Crippen LogP) is 3.86. The van der Waals surface area contributed by atoms with Crippen molar-refractivity contribution in [1.82, 2.24) is 4.98 Å². The molecule has 0 saturated heterocycles. The van der Waals surface area contributed by atoms with Crippen LogP contribution < -0.4 is 14.2 Å². The van der Waals surface area contributed by atoms with Gasteiger partial charge in [-0.3, -0.25) is 9.79 Å². The van der Waals surface area contributed by atoms with E-state index >= 15 is 0 Å². The van der Waals surface area contributed by atoms with Crippen molar-refractivity contribution in [2.75, 3.05) is 26.1 Å². The Bertz CT molecular complexity index is 1020. The molecular weight excluding hydrogens is 383 g/mol. The maximum atomic E-state index is 11.1. The fourth-order valence-corrected chi connectivity index (χ4v) is 3.12. The Hall–Kier alpha value is -2.80. The molecule has 0 unspecified atom stereocenters. The van der Waals surface area contributed by atoms with Crippen molar-refractivity contribution in [3.05, 3.63) is 48.2 Å². The Balaban J connectivity index is 1.95. The van der Waals surface area contributed by atoms with Crippen LogP contribution in [0.2, 0.25) is 0 Å². The van der Waals surface area contributed by atoms with Gasteiger partial charge >= 0.3 is 7.82 Å². The number of aryl methyl sites for hydroxylation is 1. The molecule has 2 N–H and O–H groups in total. The standard InChI is InChI=1S/C19H21N2O6P/c1-12-18(13-5-8-15(9-6-13)21(2)3)20-19(26-12)14-7-10-16(17(11-14)25-4)27-28(22,23)24/h5-11H,1-4H3,(H2,22,23,24). The van der Waals surface area contributed by atoms with Crippen LogP contribution in [0.1, 0.15) is 5.76 Å². The summed E-state index contributed by atoms with van der Waals surface area (Å²) in [4.78, 5) is 24.6. The third-order valence-corrected chi connectivity index (χ3v) is 4.52. The summed E-state index contributed by atoms with van der Waals surface area (Å²) in [6.07, 6.45) is 0. The van der Waals surface area contributed by atoms with E-state index in [0.29, 0.717) is 17.2 Å². The molecule has 0 radical (unpaired) electrons. The van der Waals surface area contributed by atoms with Crippen LogP contribution in [0.15, 0.2) is 46.9 Å². The van der Waals surface area contributed by atoms with Crippen LogP contribution in [0, 0.1) is 6.92 Å². The molecule has 0 spiro atoms. The van der Waals surface area contributed by atoms with Crippen molar-refractivity contribution < 1.29 is 28.0 Å². The molecule has 1 heterocycles. The van der Waals surface area contributed by atoms with E-state index in [1.54, 1.807) is 12.1 Å². The highest BCUT2D eigenvalue weighted by atomic mass is 31.2. The number of oxazole rings is 1. The van der Waals surface area contributed by atoms with Crippen molar-refractivity contribution >= 4 is 13.5 Å². The molecule has 0 aliphatic carbocycles. The Morgan fingerprint density at radius 1 is 1.04 bits per heavy atom.